The lowest BCUT2D eigenvalue weighted by atomic mass is 10.2. The van der Waals surface area contributed by atoms with E-state index in [9.17, 15) is 0 Å². The second-order valence-corrected chi connectivity index (χ2v) is 15.6. The van der Waals surface area contributed by atoms with E-state index in [4.69, 9.17) is 4.43 Å². The number of aryl methyl sites for hydroxylation is 1. The van der Waals surface area contributed by atoms with Gasteiger partial charge in [-0.25, -0.2) is 0 Å². The maximum absolute atomic E-state index is 7.14. The van der Waals surface area contributed by atoms with Crippen LogP contribution in [-0.2, 0) is 11.0 Å². The van der Waals surface area contributed by atoms with E-state index < -0.39 is 8.32 Å². The summed E-state index contributed by atoms with van der Waals surface area (Å²) in [5.41, 5.74) is 3.76. The Labute approximate surface area is 226 Å². The maximum atomic E-state index is 7.14. The molecule has 0 unspecified atom stereocenters. The smallest absolute Gasteiger partial charge is 0.261 e. The molecule has 0 atom stereocenters. The highest BCUT2D eigenvalue weighted by Crippen LogP contribution is 2.37. The maximum Gasteiger partial charge on any atom is 0.261 e. The minimum atomic E-state index is -2.51. The number of aromatic nitrogens is 1. The van der Waals surface area contributed by atoms with E-state index in [0.29, 0.717) is 6.61 Å². The van der Waals surface area contributed by atoms with Crippen molar-refractivity contribution >= 4 is 53.1 Å². The van der Waals surface area contributed by atoms with Crippen molar-refractivity contribution in [2.45, 2.75) is 38.8 Å². The number of para-hydroxylation sites is 1. The van der Waals surface area contributed by atoms with Crippen molar-refractivity contribution in [3.63, 3.8) is 0 Å². The van der Waals surface area contributed by atoms with E-state index in [1.807, 2.05) is 0 Å². The van der Waals surface area contributed by atoms with Crippen LogP contribution in [0, 0.1) is 0 Å². The molecule has 0 spiro atoms. The van der Waals surface area contributed by atoms with Gasteiger partial charge in [0.05, 0.1) is 0 Å². The highest BCUT2D eigenvalue weighted by molar-refractivity contribution is 7.08. The zero-order chi connectivity index (χ0) is 25.7. The molecule has 5 rings (SSSR count). The molecule has 188 valence electrons. The van der Waals surface area contributed by atoms with Gasteiger partial charge in [0.15, 0.2) is 0 Å². The Balaban J connectivity index is 1.42. The zero-order valence-electron chi connectivity index (χ0n) is 21.9. The summed E-state index contributed by atoms with van der Waals surface area (Å²) in [6.45, 7) is 8.65. The van der Waals surface area contributed by atoms with Crippen LogP contribution in [0.4, 0.5) is 0 Å². The molecule has 37 heavy (non-hydrogen) atoms. The molecule has 0 radical (unpaired) electrons. The van der Waals surface area contributed by atoms with Crippen LogP contribution in [0.1, 0.15) is 38.4 Å². The van der Waals surface area contributed by atoms with Crippen LogP contribution in [0.5, 0.6) is 0 Å². The van der Waals surface area contributed by atoms with E-state index in [1.165, 1.54) is 32.5 Å². The molecule has 0 N–H and O–H groups in total. The molecule has 0 saturated heterocycles. The molecular formula is C33H35NOSSi. The second-order valence-electron chi connectivity index (χ2n) is 10.5. The van der Waals surface area contributed by atoms with Crippen molar-refractivity contribution < 1.29 is 4.43 Å². The molecule has 0 bridgehead atoms. The Bertz CT molecular complexity index is 1410. The third kappa shape index (κ3) is 5.28. The molecule has 0 aliphatic carbocycles. The summed E-state index contributed by atoms with van der Waals surface area (Å²) in [6.07, 6.45) is 5.40. The molecule has 0 aliphatic rings. The third-order valence-corrected chi connectivity index (χ3v) is 12.8. The van der Waals surface area contributed by atoms with E-state index >= 15 is 0 Å². The van der Waals surface area contributed by atoms with Crippen molar-refractivity contribution in [3.05, 3.63) is 119 Å². The average molecular weight is 522 g/mol. The number of hydrogen-bond acceptors (Lipinski definition) is 2. The van der Waals surface area contributed by atoms with E-state index in [0.717, 1.165) is 13.0 Å². The van der Waals surface area contributed by atoms with Crippen LogP contribution in [0.3, 0.4) is 0 Å². The Kier molecular flexibility index (Phi) is 7.61. The van der Waals surface area contributed by atoms with Crippen LogP contribution >= 0.6 is 11.3 Å². The van der Waals surface area contributed by atoms with Crippen molar-refractivity contribution in [3.8, 4) is 0 Å². The predicted molar refractivity (Wildman–Crippen MR) is 163 cm³/mol. The van der Waals surface area contributed by atoms with Crippen LogP contribution in [-0.4, -0.2) is 19.5 Å². The van der Waals surface area contributed by atoms with E-state index in [1.54, 1.807) is 11.3 Å². The number of thiophene rings is 1. The van der Waals surface area contributed by atoms with Crippen molar-refractivity contribution in [1.82, 2.24) is 4.57 Å². The minimum absolute atomic E-state index is 0.00964. The van der Waals surface area contributed by atoms with Crippen LogP contribution < -0.4 is 10.4 Å². The van der Waals surface area contributed by atoms with Gasteiger partial charge in [0.1, 0.15) is 0 Å². The molecule has 5 aromatic rings. The third-order valence-electron chi connectivity index (χ3n) is 7.09. The molecule has 0 fully saturated rings. The summed E-state index contributed by atoms with van der Waals surface area (Å²) in [7, 11) is -2.51. The number of hydrogen-bond donors (Lipinski definition) is 0. The van der Waals surface area contributed by atoms with Gasteiger partial charge in [0, 0.05) is 29.7 Å². The summed E-state index contributed by atoms with van der Waals surface area (Å²) < 4.78 is 9.58. The first-order valence-electron chi connectivity index (χ1n) is 13.0. The molecule has 2 aromatic heterocycles. The summed E-state index contributed by atoms with van der Waals surface area (Å²) in [5.74, 6) is 0. The molecule has 3 aromatic carbocycles. The topological polar surface area (TPSA) is 14.2 Å². The van der Waals surface area contributed by atoms with Crippen molar-refractivity contribution in [2.24, 2.45) is 0 Å². The highest BCUT2D eigenvalue weighted by atomic mass is 32.1. The minimum Gasteiger partial charge on any atom is -0.407 e. The first-order chi connectivity index (χ1) is 18.0. The van der Waals surface area contributed by atoms with Crippen molar-refractivity contribution in [1.29, 1.82) is 0 Å². The van der Waals surface area contributed by atoms with Gasteiger partial charge >= 0.3 is 0 Å². The standard InChI is InChI=1S/C33H35NOSSi/c1-33(2,3)37(30-14-6-4-7-15-30,31-16-8-5-9-17-31)35-23-12-22-34-29(20-19-27-21-24-36-26-27)25-28-13-10-11-18-32(28)34/h4-11,13-21,24-26H,12,22-23H2,1-3H3/b20-19+. The van der Waals surface area contributed by atoms with Gasteiger partial charge in [-0.2, -0.15) is 11.3 Å². The number of fused-ring (bicyclic) bond motifs is 1. The molecule has 2 nitrogen and oxygen atoms in total. The quantitative estimate of drug-likeness (QED) is 0.142. The first-order valence-corrected chi connectivity index (χ1v) is 15.9. The summed E-state index contributed by atoms with van der Waals surface area (Å²) in [4.78, 5) is 0. The molecule has 2 heterocycles. The van der Waals surface area contributed by atoms with E-state index in [-0.39, 0.29) is 5.04 Å². The lowest BCUT2D eigenvalue weighted by molar-refractivity contribution is 0.284. The second kappa shape index (κ2) is 11.1. The summed E-state index contributed by atoms with van der Waals surface area (Å²) in [6, 6.07) is 34.9. The number of nitrogens with zero attached hydrogens (tertiary/aromatic N) is 1. The average Bonchev–Trinajstić information content (AvgIpc) is 3.56. The molecular weight excluding hydrogens is 487 g/mol. The van der Waals surface area contributed by atoms with Crippen molar-refractivity contribution in [2.75, 3.05) is 6.61 Å². The van der Waals surface area contributed by atoms with Gasteiger partial charge < -0.3 is 8.99 Å². The Morgan fingerprint density at radius 3 is 2.08 bits per heavy atom. The van der Waals surface area contributed by atoms with Gasteiger partial charge in [-0.3, -0.25) is 0 Å². The lowest BCUT2D eigenvalue weighted by Crippen LogP contribution is -2.66. The molecule has 0 amide bonds. The molecule has 0 aliphatic heterocycles. The normalized spacial score (nSPS) is 12.5. The fourth-order valence-corrected chi connectivity index (χ4v) is 10.6. The lowest BCUT2D eigenvalue weighted by Gasteiger charge is -2.43. The number of rotatable bonds is 9. The summed E-state index contributed by atoms with van der Waals surface area (Å²) >= 11 is 1.73. The van der Waals surface area contributed by atoms with E-state index in [2.05, 4.69) is 145 Å². The Morgan fingerprint density at radius 2 is 1.46 bits per heavy atom. The molecule has 4 heteroatoms. The number of benzene rings is 3. The Hall–Kier alpha value is -3.18. The fraction of sp³-hybridized carbons (Fsp3) is 0.212. The highest BCUT2D eigenvalue weighted by Gasteiger charge is 2.49. The van der Waals surface area contributed by atoms with Crippen LogP contribution in [0.25, 0.3) is 23.1 Å². The first kappa shape index (κ1) is 25.5. The fourth-order valence-electron chi connectivity index (χ4n) is 5.38. The van der Waals surface area contributed by atoms with Gasteiger partial charge in [-0.1, -0.05) is 106 Å². The zero-order valence-corrected chi connectivity index (χ0v) is 23.7. The van der Waals surface area contributed by atoms with Gasteiger partial charge in [-0.05, 0) is 62.4 Å². The molecule has 0 saturated carbocycles. The predicted octanol–water partition coefficient (Wildman–Crippen LogP) is 7.84. The van der Waals surface area contributed by atoms with Gasteiger partial charge in [0.25, 0.3) is 8.32 Å². The van der Waals surface area contributed by atoms with Gasteiger partial charge in [-0.15, -0.1) is 0 Å². The SMILES string of the molecule is CC(C)(C)[Si](OCCCn1c(/C=C/c2ccsc2)cc2ccccc21)(c1ccccc1)c1ccccc1. The van der Waals surface area contributed by atoms with Gasteiger partial charge in [0.2, 0.25) is 0 Å². The largest absolute Gasteiger partial charge is 0.407 e. The van der Waals surface area contributed by atoms with Crippen LogP contribution in [0.15, 0.2) is 108 Å². The summed E-state index contributed by atoms with van der Waals surface area (Å²) in [5, 5.41) is 8.24. The monoisotopic (exact) mass is 521 g/mol. The van der Waals surface area contributed by atoms with Crippen LogP contribution in [0.2, 0.25) is 5.04 Å². The Morgan fingerprint density at radius 1 is 0.811 bits per heavy atom.